The molecule has 0 N–H and O–H groups in total. The van der Waals surface area contributed by atoms with Crippen LogP contribution in [0.3, 0.4) is 0 Å². The summed E-state index contributed by atoms with van der Waals surface area (Å²) in [4.78, 5) is 4.19. The molecule has 0 saturated heterocycles. The van der Waals surface area contributed by atoms with Crippen LogP contribution in [0.15, 0.2) is 168 Å². The molecular weight excluding hydrogens is 571 g/mol. The highest BCUT2D eigenvalue weighted by atomic mass is 16.3. The topological polar surface area (TPSA) is 26.0 Å². The van der Waals surface area contributed by atoms with Crippen LogP contribution in [-0.4, -0.2) is 4.98 Å². The van der Waals surface area contributed by atoms with Gasteiger partial charge in [0.25, 0.3) is 0 Å². The summed E-state index contributed by atoms with van der Waals surface area (Å²) in [5.74, 6) is 0. The molecule has 2 heteroatoms. The minimum atomic E-state index is 0.918. The van der Waals surface area contributed by atoms with Crippen LogP contribution in [-0.2, 0) is 0 Å². The van der Waals surface area contributed by atoms with Gasteiger partial charge in [0.15, 0.2) is 0 Å². The Kier molecular flexibility index (Phi) is 5.61. The number of aromatic nitrogens is 1. The second kappa shape index (κ2) is 10.1. The lowest BCUT2D eigenvalue weighted by Gasteiger charge is -2.18. The fourth-order valence-corrected chi connectivity index (χ4v) is 7.44. The van der Waals surface area contributed by atoms with Gasteiger partial charge in [0.1, 0.15) is 11.2 Å². The van der Waals surface area contributed by atoms with Crippen LogP contribution in [0.2, 0.25) is 0 Å². The average molecular weight is 598 g/mol. The summed E-state index contributed by atoms with van der Waals surface area (Å²) in [5.41, 5.74) is 11.5. The summed E-state index contributed by atoms with van der Waals surface area (Å²) in [6.45, 7) is 0. The highest BCUT2D eigenvalue weighted by Crippen LogP contribution is 2.44. The first kappa shape index (κ1) is 26.0. The molecule has 2 aromatic heterocycles. The summed E-state index contributed by atoms with van der Waals surface area (Å²) in [6, 6.07) is 55.0. The summed E-state index contributed by atoms with van der Waals surface area (Å²) in [7, 11) is 0. The predicted molar refractivity (Wildman–Crippen MR) is 197 cm³/mol. The number of hydrogen-bond acceptors (Lipinski definition) is 2. The van der Waals surface area contributed by atoms with E-state index in [1.165, 1.54) is 76.8 Å². The summed E-state index contributed by atoms with van der Waals surface area (Å²) >= 11 is 0. The Morgan fingerprint density at radius 1 is 0.340 bits per heavy atom. The van der Waals surface area contributed by atoms with E-state index in [0.29, 0.717) is 0 Å². The van der Waals surface area contributed by atoms with Crippen LogP contribution < -0.4 is 0 Å². The van der Waals surface area contributed by atoms with Crippen LogP contribution in [0, 0.1) is 0 Å². The molecule has 0 aliphatic rings. The second-order valence-corrected chi connectivity index (χ2v) is 12.4. The van der Waals surface area contributed by atoms with Gasteiger partial charge in [-0.15, -0.1) is 0 Å². The van der Waals surface area contributed by atoms with Crippen molar-refractivity contribution in [1.82, 2.24) is 4.98 Å². The van der Waals surface area contributed by atoms with Gasteiger partial charge in [-0.1, -0.05) is 115 Å². The van der Waals surface area contributed by atoms with Crippen LogP contribution in [0.25, 0.3) is 98.8 Å². The fraction of sp³-hybridized carbons (Fsp3) is 0. The zero-order chi connectivity index (χ0) is 30.9. The highest BCUT2D eigenvalue weighted by molar-refractivity contribution is 6.28. The number of para-hydroxylation sites is 1. The highest BCUT2D eigenvalue weighted by Gasteiger charge is 2.17. The number of benzene rings is 8. The Labute approximate surface area is 271 Å². The van der Waals surface area contributed by atoms with Crippen LogP contribution in [0.5, 0.6) is 0 Å². The Morgan fingerprint density at radius 3 is 1.57 bits per heavy atom. The maximum atomic E-state index is 6.08. The van der Waals surface area contributed by atoms with Crippen LogP contribution in [0.4, 0.5) is 0 Å². The van der Waals surface area contributed by atoms with Crippen LogP contribution >= 0.6 is 0 Å². The predicted octanol–water partition coefficient (Wildman–Crippen LogP) is 12.5. The van der Waals surface area contributed by atoms with E-state index in [0.717, 1.165) is 21.9 Å². The Morgan fingerprint density at radius 2 is 0.894 bits per heavy atom. The van der Waals surface area contributed by atoms with Crippen molar-refractivity contribution in [2.75, 3.05) is 0 Å². The Balaban J connectivity index is 1.14. The van der Waals surface area contributed by atoms with Gasteiger partial charge in [-0.3, -0.25) is 4.98 Å². The van der Waals surface area contributed by atoms with Gasteiger partial charge in [0, 0.05) is 23.2 Å². The molecule has 8 aromatic carbocycles. The Bertz CT molecular complexity index is 2740. The molecule has 218 valence electrons. The van der Waals surface area contributed by atoms with Gasteiger partial charge in [-0.05, 0) is 113 Å². The first-order valence-electron chi connectivity index (χ1n) is 16.0. The first-order valence-corrected chi connectivity index (χ1v) is 16.0. The van der Waals surface area contributed by atoms with E-state index in [1.807, 2.05) is 24.5 Å². The normalized spacial score (nSPS) is 11.8. The van der Waals surface area contributed by atoms with E-state index in [9.17, 15) is 0 Å². The molecule has 0 fully saturated rings. The lowest BCUT2D eigenvalue weighted by molar-refractivity contribution is 0.669. The SMILES string of the molecule is c1cc2ccc3c(-c4ccc(-c5ccncc5)cc4)cc(-c4ccc(-c5ccc6oc7ccccc7c6c5)cc4)c4ccc(c1)c2c34. The molecule has 2 nitrogen and oxygen atoms in total. The molecule has 0 aliphatic heterocycles. The van der Waals surface area contributed by atoms with Crippen LogP contribution in [0.1, 0.15) is 0 Å². The third-order valence-electron chi connectivity index (χ3n) is 9.76. The quantitative estimate of drug-likeness (QED) is 0.189. The summed E-state index contributed by atoms with van der Waals surface area (Å²) < 4.78 is 6.08. The monoisotopic (exact) mass is 597 g/mol. The van der Waals surface area contributed by atoms with E-state index < -0.39 is 0 Å². The molecule has 47 heavy (non-hydrogen) atoms. The number of fused-ring (bicyclic) bond motifs is 3. The molecule has 0 unspecified atom stereocenters. The van der Waals surface area contributed by atoms with Crippen molar-refractivity contribution in [2.45, 2.75) is 0 Å². The van der Waals surface area contributed by atoms with Crippen molar-refractivity contribution >= 4 is 54.3 Å². The molecule has 2 heterocycles. The van der Waals surface area contributed by atoms with Gasteiger partial charge < -0.3 is 4.42 Å². The van der Waals surface area contributed by atoms with E-state index in [1.54, 1.807) is 0 Å². The van der Waals surface area contributed by atoms with E-state index >= 15 is 0 Å². The first-order chi connectivity index (χ1) is 23.3. The molecule has 0 atom stereocenters. The van der Waals surface area contributed by atoms with Gasteiger partial charge >= 0.3 is 0 Å². The number of furan rings is 1. The van der Waals surface area contributed by atoms with Crippen molar-refractivity contribution in [1.29, 1.82) is 0 Å². The molecule has 0 radical (unpaired) electrons. The van der Waals surface area contributed by atoms with Crippen molar-refractivity contribution in [3.63, 3.8) is 0 Å². The number of rotatable bonds is 4. The lowest BCUT2D eigenvalue weighted by Crippen LogP contribution is -1.91. The maximum Gasteiger partial charge on any atom is 0.135 e. The summed E-state index contributed by atoms with van der Waals surface area (Å²) in [6.07, 6.45) is 3.69. The smallest absolute Gasteiger partial charge is 0.135 e. The average Bonchev–Trinajstić information content (AvgIpc) is 3.52. The molecule has 10 aromatic rings. The number of pyridine rings is 1. The van der Waals surface area contributed by atoms with Gasteiger partial charge in [-0.25, -0.2) is 0 Å². The third-order valence-corrected chi connectivity index (χ3v) is 9.76. The van der Waals surface area contributed by atoms with Gasteiger partial charge in [0.2, 0.25) is 0 Å². The minimum Gasteiger partial charge on any atom is -0.456 e. The fourth-order valence-electron chi connectivity index (χ4n) is 7.44. The third kappa shape index (κ3) is 4.09. The molecule has 0 amide bonds. The zero-order valence-corrected chi connectivity index (χ0v) is 25.4. The molecule has 0 saturated carbocycles. The largest absolute Gasteiger partial charge is 0.456 e. The molecule has 0 aliphatic carbocycles. The number of hydrogen-bond donors (Lipinski definition) is 0. The standard InChI is InChI=1S/C45H27NO/c1-2-7-42-36(6-1)41-26-35(18-21-43(41)47-42)29-10-14-32(15-11-29)40-27-39(31-12-8-28(9-13-31)30-22-24-46-25-23-30)37-19-16-33-4-3-5-34-17-20-38(40)45(37)44(33)34/h1-27H. The van der Waals surface area contributed by atoms with E-state index in [2.05, 4.69) is 145 Å². The van der Waals surface area contributed by atoms with Crippen molar-refractivity contribution in [3.8, 4) is 44.5 Å². The molecule has 10 rings (SSSR count). The summed E-state index contributed by atoms with van der Waals surface area (Å²) in [5, 5.41) is 10.1. The van der Waals surface area contributed by atoms with Crippen molar-refractivity contribution < 1.29 is 4.42 Å². The number of nitrogens with zero attached hydrogens (tertiary/aromatic N) is 1. The van der Waals surface area contributed by atoms with E-state index in [-0.39, 0.29) is 0 Å². The van der Waals surface area contributed by atoms with E-state index in [4.69, 9.17) is 4.42 Å². The Hall–Kier alpha value is -6.25. The van der Waals surface area contributed by atoms with Gasteiger partial charge in [-0.2, -0.15) is 0 Å². The van der Waals surface area contributed by atoms with Crippen molar-refractivity contribution in [2.24, 2.45) is 0 Å². The lowest BCUT2D eigenvalue weighted by atomic mass is 9.85. The second-order valence-electron chi connectivity index (χ2n) is 12.4. The molecular formula is C45H27NO. The van der Waals surface area contributed by atoms with Gasteiger partial charge in [0.05, 0.1) is 0 Å². The minimum absolute atomic E-state index is 0.918. The maximum absolute atomic E-state index is 6.08. The molecule has 0 spiro atoms. The molecule has 0 bridgehead atoms. The van der Waals surface area contributed by atoms with Crippen molar-refractivity contribution in [3.05, 3.63) is 164 Å². The zero-order valence-electron chi connectivity index (χ0n) is 25.4.